The first-order valence-electron chi connectivity index (χ1n) is 8.36. The normalized spacial score (nSPS) is 21.0. The zero-order chi connectivity index (χ0) is 17.8. The second kappa shape index (κ2) is 7.34. The van der Waals surface area contributed by atoms with Gasteiger partial charge in [0.25, 0.3) is 0 Å². The molecule has 1 aromatic rings. The van der Waals surface area contributed by atoms with E-state index in [9.17, 15) is 9.59 Å². The van der Waals surface area contributed by atoms with Gasteiger partial charge in [0.15, 0.2) is 0 Å². The highest BCUT2D eigenvalue weighted by molar-refractivity contribution is 5.83. The van der Waals surface area contributed by atoms with Gasteiger partial charge < -0.3 is 9.47 Å². The minimum absolute atomic E-state index is 0.209. The molecule has 1 aliphatic heterocycles. The van der Waals surface area contributed by atoms with Gasteiger partial charge in [0.1, 0.15) is 11.1 Å². The molecule has 0 spiro atoms. The number of esters is 2. The fraction of sp³-hybridized carbons (Fsp3) is 0.579. The van der Waals surface area contributed by atoms with Crippen LogP contribution in [0.5, 0.6) is 0 Å². The molecule has 0 bridgehead atoms. The number of carbonyl (C=O) groups is 2. The molecule has 132 valence electrons. The van der Waals surface area contributed by atoms with Gasteiger partial charge in [-0.15, -0.1) is 0 Å². The Bertz CT molecular complexity index is 579. The molecule has 1 aromatic carbocycles. The molecular formula is C19H27NO4. The maximum atomic E-state index is 12.8. The molecule has 0 aromatic heterocycles. The highest BCUT2D eigenvalue weighted by Gasteiger charge is 2.52. The number of hydrogen-bond donors (Lipinski definition) is 0. The third-order valence-electron chi connectivity index (χ3n) is 4.37. The lowest BCUT2D eigenvalue weighted by Crippen LogP contribution is -2.65. The summed E-state index contributed by atoms with van der Waals surface area (Å²) < 4.78 is 10.4. The fourth-order valence-electron chi connectivity index (χ4n) is 2.97. The summed E-state index contributed by atoms with van der Waals surface area (Å²) in [7, 11) is 1.37. The molecule has 1 heterocycles. The predicted molar refractivity (Wildman–Crippen MR) is 91.3 cm³/mol. The van der Waals surface area contributed by atoms with Crippen molar-refractivity contribution in [2.24, 2.45) is 0 Å². The van der Waals surface area contributed by atoms with Crippen molar-refractivity contribution >= 4 is 11.9 Å². The van der Waals surface area contributed by atoms with E-state index in [0.717, 1.165) is 12.1 Å². The van der Waals surface area contributed by atoms with Gasteiger partial charge in [-0.05, 0) is 39.2 Å². The summed E-state index contributed by atoms with van der Waals surface area (Å²) in [5, 5.41) is 0. The quantitative estimate of drug-likeness (QED) is 0.749. The molecule has 5 heteroatoms. The Balaban J connectivity index is 2.16. The molecule has 0 saturated carbocycles. The summed E-state index contributed by atoms with van der Waals surface area (Å²) >= 11 is 0. The lowest BCUT2D eigenvalue weighted by atomic mass is 9.79. The molecular weight excluding hydrogens is 306 g/mol. The van der Waals surface area contributed by atoms with Gasteiger partial charge in [0.05, 0.1) is 7.11 Å². The van der Waals surface area contributed by atoms with Crippen LogP contribution in [0.4, 0.5) is 0 Å². The van der Waals surface area contributed by atoms with E-state index in [1.807, 2.05) is 51.1 Å². The van der Waals surface area contributed by atoms with Crippen molar-refractivity contribution in [2.75, 3.05) is 13.7 Å². The van der Waals surface area contributed by atoms with Gasteiger partial charge in [-0.25, -0.2) is 0 Å². The number of likely N-dealkylation sites (tertiary alicyclic amines) is 1. The van der Waals surface area contributed by atoms with E-state index >= 15 is 0 Å². The van der Waals surface area contributed by atoms with Crippen LogP contribution in [0.1, 0.15) is 45.6 Å². The fourth-order valence-corrected chi connectivity index (χ4v) is 2.97. The summed E-state index contributed by atoms with van der Waals surface area (Å²) in [6, 6.07) is 10.0. The monoisotopic (exact) mass is 333 g/mol. The van der Waals surface area contributed by atoms with E-state index in [-0.39, 0.29) is 18.4 Å². The number of nitrogens with zero attached hydrogens (tertiary/aromatic N) is 1. The van der Waals surface area contributed by atoms with Crippen LogP contribution in [0.3, 0.4) is 0 Å². The largest absolute Gasteiger partial charge is 0.469 e. The number of carbonyl (C=O) groups excluding carboxylic acids is 2. The van der Waals surface area contributed by atoms with E-state index in [0.29, 0.717) is 19.4 Å². The Labute approximate surface area is 143 Å². The minimum atomic E-state index is -0.739. The Morgan fingerprint density at radius 3 is 2.38 bits per heavy atom. The zero-order valence-electron chi connectivity index (χ0n) is 15.0. The SMILES string of the molecule is COC(=O)CCC1(C(=O)OC(C)(C)C)CCN1Cc1ccccc1. The number of ether oxygens (including phenoxy) is 2. The third-order valence-corrected chi connectivity index (χ3v) is 4.37. The second-order valence-electron chi connectivity index (χ2n) is 7.27. The van der Waals surface area contributed by atoms with E-state index < -0.39 is 11.1 Å². The first-order valence-corrected chi connectivity index (χ1v) is 8.36. The van der Waals surface area contributed by atoms with Gasteiger partial charge in [0, 0.05) is 19.5 Å². The molecule has 1 saturated heterocycles. The number of benzene rings is 1. The van der Waals surface area contributed by atoms with Gasteiger partial charge in [-0.3, -0.25) is 14.5 Å². The molecule has 2 rings (SSSR count). The average Bonchev–Trinajstić information content (AvgIpc) is 2.51. The van der Waals surface area contributed by atoms with E-state index in [1.165, 1.54) is 7.11 Å². The molecule has 0 radical (unpaired) electrons. The number of hydrogen-bond acceptors (Lipinski definition) is 5. The summed E-state index contributed by atoms with van der Waals surface area (Å²) in [4.78, 5) is 26.5. The first kappa shape index (κ1) is 18.5. The molecule has 1 atom stereocenters. The standard InChI is InChI=1S/C19H27NO4/c1-18(2,3)24-17(22)19(11-10-16(21)23-4)12-13-20(19)14-15-8-6-5-7-9-15/h5-9H,10-14H2,1-4H3. The summed E-state index contributed by atoms with van der Waals surface area (Å²) in [6.45, 7) is 7.06. The van der Waals surface area contributed by atoms with Crippen LogP contribution >= 0.6 is 0 Å². The molecule has 0 N–H and O–H groups in total. The summed E-state index contributed by atoms with van der Waals surface area (Å²) in [5.41, 5.74) is -0.149. The molecule has 1 fully saturated rings. The van der Waals surface area contributed by atoms with E-state index in [2.05, 4.69) is 4.90 Å². The summed E-state index contributed by atoms with van der Waals surface area (Å²) in [5.74, 6) is -0.550. The average molecular weight is 333 g/mol. The highest BCUT2D eigenvalue weighted by atomic mass is 16.6. The Kier molecular flexibility index (Phi) is 5.65. The van der Waals surface area contributed by atoms with Crippen LogP contribution in [0.15, 0.2) is 30.3 Å². The minimum Gasteiger partial charge on any atom is -0.469 e. The lowest BCUT2D eigenvalue weighted by molar-refractivity contribution is -0.182. The van der Waals surface area contributed by atoms with E-state index in [1.54, 1.807) is 0 Å². The molecule has 1 aliphatic rings. The van der Waals surface area contributed by atoms with Gasteiger partial charge in [-0.1, -0.05) is 30.3 Å². The van der Waals surface area contributed by atoms with Crippen molar-refractivity contribution in [1.29, 1.82) is 0 Å². The zero-order valence-corrected chi connectivity index (χ0v) is 15.0. The highest BCUT2D eigenvalue weighted by Crippen LogP contribution is 2.38. The van der Waals surface area contributed by atoms with Crippen molar-refractivity contribution in [3.8, 4) is 0 Å². The van der Waals surface area contributed by atoms with Crippen molar-refractivity contribution in [2.45, 2.75) is 57.7 Å². The second-order valence-corrected chi connectivity index (χ2v) is 7.27. The Hall–Kier alpha value is -1.88. The van der Waals surface area contributed by atoms with Crippen LogP contribution in [0, 0.1) is 0 Å². The van der Waals surface area contributed by atoms with Gasteiger partial charge in [0.2, 0.25) is 0 Å². The predicted octanol–water partition coefficient (Wildman–Crippen LogP) is 2.93. The van der Waals surface area contributed by atoms with Crippen LogP contribution < -0.4 is 0 Å². The van der Waals surface area contributed by atoms with Crippen molar-refractivity contribution < 1.29 is 19.1 Å². The Morgan fingerprint density at radius 1 is 1.21 bits per heavy atom. The van der Waals surface area contributed by atoms with E-state index in [4.69, 9.17) is 9.47 Å². The van der Waals surface area contributed by atoms with Crippen LogP contribution in [-0.2, 0) is 25.6 Å². The molecule has 0 amide bonds. The van der Waals surface area contributed by atoms with Crippen LogP contribution in [-0.4, -0.2) is 41.6 Å². The topological polar surface area (TPSA) is 55.8 Å². The number of rotatable bonds is 6. The maximum absolute atomic E-state index is 12.8. The van der Waals surface area contributed by atoms with Gasteiger partial charge in [-0.2, -0.15) is 0 Å². The third kappa shape index (κ3) is 4.35. The van der Waals surface area contributed by atoms with Crippen molar-refractivity contribution in [3.63, 3.8) is 0 Å². The van der Waals surface area contributed by atoms with Crippen LogP contribution in [0.2, 0.25) is 0 Å². The number of methoxy groups -OCH3 is 1. The molecule has 24 heavy (non-hydrogen) atoms. The van der Waals surface area contributed by atoms with Gasteiger partial charge >= 0.3 is 11.9 Å². The smallest absolute Gasteiger partial charge is 0.327 e. The Morgan fingerprint density at radius 2 is 1.88 bits per heavy atom. The molecule has 1 unspecified atom stereocenters. The molecule has 0 aliphatic carbocycles. The summed E-state index contributed by atoms with van der Waals surface area (Å²) in [6.07, 6.45) is 1.33. The first-order chi connectivity index (χ1) is 11.3. The lowest BCUT2D eigenvalue weighted by Gasteiger charge is -2.51. The van der Waals surface area contributed by atoms with Crippen molar-refractivity contribution in [3.05, 3.63) is 35.9 Å². The van der Waals surface area contributed by atoms with Crippen LogP contribution in [0.25, 0.3) is 0 Å². The van der Waals surface area contributed by atoms with Crippen molar-refractivity contribution in [1.82, 2.24) is 4.90 Å². The molecule has 5 nitrogen and oxygen atoms in total. The maximum Gasteiger partial charge on any atom is 0.327 e.